The Kier molecular flexibility index (Phi) is 1.56. The first-order valence-corrected chi connectivity index (χ1v) is 5.03. The van der Waals surface area contributed by atoms with Crippen LogP contribution in [-0.4, -0.2) is 13.1 Å². The third-order valence-corrected chi connectivity index (χ3v) is 3.07. The Labute approximate surface area is 78.3 Å². The summed E-state index contributed by atoms with van der Waals surface area (Å²) in [6.45, 7) is 2.29. The summed E-state index contributed by atoms with van der Waals surface area (Å²) in [5.74, 6) is 0. The molecule has 3 rings (SSSR count). The Balaban J connectivity index is 1.95. The SMILES string of the molecule is c1cc2c(cc1C1CCN1)CCN2. The summed E-state index contributed by atoms with van der Waals surface area (Å²) in [4.78, 5) is 0. The molecule has 2 aliphatic heterocycles. The van der Waals surface area contributed by atoms with Crippen molar-refractivity contribution in [3.8, 4) is 0 Å². The molecule has 0 amide bonds. The lowest BCUT2D eigenvalue weighted by molar-refractivity contribution is 0.383. The minimum absolute atomic E-state index is 0.630. The highest BCUT2D eigenvalue weighted by Crippen LogP contribution is 2.29. The molecule has 1 aromatic rings. The van der Waals surface area contributed by atoms with Crippen LogP contribution in [0.15, 0.2) is 18.2 Å². The monoisotopic (exact) mass is 174 g/mol. The molecule has 0 radical (unpaired) electrons. The van der Waals surface area contributed by atoms with E-state index in [1.54, 1.807) is 0 Å². The van der Waals surface area contributed by atoms with Crippen molar-refractivity contribution in [3.63, 3.8) is 0 Å². The van der Waals surface area contributed by atoms with Crippen molar-refractivity contribution in [2.45, 2.75) is 18.9 Å². The van der Waals surface area contributed by atoms with Crippen LogP contribution in [0.5, 0.6) is 0 Å². The quantitative estimate of drug-likeness (QED) is 0.677. The van der Waals surface area contributed by atoms with Crippen LogP contribution in [-0.2, 0) is 6.42 Å². The van der Waals surface area contributed by atoms with E-state index in [1.165, 1.54) is 36.2 Å². The molecule has 68 valence electrons. The van der Waals surface area contributed by atoms with Gasteiger partial charge < -0.3 is 10.6 Å². The van der Waals surface area contributed by atoms with Gasteiger partial charge in [-0.25, -0.2) is 0 Å². The molecular weight excluding hydrogens is 160 g/mol. The Morgan fingerprint density at radius 2 is 2.15 bits per heavy atom. The number of nitrogens with one attached hydrogen (secondary N) is 2. The molecule has 1 unspecified atom stereocenters. The van der Waals surface area contributed by atoms with Crippen molar-refractivity contribution in [2.24, 2.45) is 0 Å². The summed E-state index contributed by atoms with van der Waals surface area (Å²) in [5.41, 5.74) is 4.29. The summed E-state index contributed by atoms with van der Waals surface area (Å²) in [7, 11) is 0. The molecule has 1 aromatic carbocycles. The van der Waals surface area contributed by atoms with Gasteiger partial charge in [0.25, 0.3) is 0 Å². The van der Waals surface area contributed by atoms with E-state index in [2.05, 4.69) is 28.8 Å². The molecule has 1 saturated heterocycles. The zero-order chi connectivity index (χ0) is 8.67. The van der Waals surface area contributed by atoms with Gasteiger partial charge in [0.05, 0.1) is 0 Å². The molecule has 0 aromatic heterocycles. The van der Waals surface area contributed by atoms with E-state index in [9.17, 15) is 0 Å². The molecular formula is C11H14N2. The number of fused-ring (bicyclic) bond motifs is 1. The van der Waals surface area contributed by atoms with Gasteiger partial charge in [0, 0.05) is 18.3 Å². The first-order chi connectivity index (χ1) is 6.43. The molecule has 2 aliphatic rings. The average Bonchev–Trinajstić information content (AvgIpc) is 2.47. The number of hydrogen-bond acceptors (Lipinski definition) is 2. The molecule has 2 N–H and O–H groups in total. The highest BCUT2D eigenvalue weighted by molar-refractivity contribution is 5.56. The van der Waals surface area contributed by atoms with Crippen molar-refractivity contribution < 1.29 is 0 Å². The first kappa shape index (κ1) is 7.39. The summed E-state index contributed by atoms with van der Waals surface area (Å²) in [5, 5.41) is 6.81. The summed E-state index contributed by atoms with van der Waals surface area (Å²) in [6, 6.07) is 7.45. The summed E-state index contributed by atoms with van der Waals surface area (Å²) in [6.07, 6.45) is 2.49. The molecule has 0 spiro atoms. The predicted octanol–water partition coefficient (Wildman–Crippen LogP) is 1.69. The Bertz CT molecular complexity index is 329. The zero-order valence-corrected chi connectivity index (χ0v) is 7.64. The third kappa shape index (κ3) is 1.13. The second kappa shape index (κ2) is 2.74. The van der Waals surface area contributed by atoms with Crippen LogP contribution in [0.4, 0.5) is 5.69 Å². The second-order valence-corrected chi connectivity index (χ2v) is 3.89. The van der Waals surface area contributed by atoms with Crippen LogP contribution in [0.3, 0.4) is 0 Å². The Hall–Kier alpha value is -1.02. The number of benzene rings is 1. The fourth-order valence-corrected chi connectivity index (χ4v) is 2.11. The summed E-state index contributed by atoms with van der Waals surface area (Å²) >= 11 is 0. The molecule has 1 fully saturated rings. The average molecular weight is 174 g/mol. The number of rotatable bonds is 1. The maximum atomic E-state index is 3.43. The molecule has 2 heterocycles. The van der Waals surface area contributed by atoms with Crippen LogP contribution in [0.2, 0.25) is 0 Å². The van der Waals surface area contributed by atoms with Gasteiger partial charge in [-0.2, -0.15) is 0 Å². The van der Waals surface area contributed by atoms with Gasteiger partial charge in [-0.05, 0) is 36.6 Å². The summed E-state index contributed by atoms with van der Waals surface area (Å²) < 4.78 is 0. The highest BCUT2D eigenvalue weighted by atomic mass is 15.0. The van der Waals surface area contributed by atoms with Gasteiger partial charge in [0.1, 0.15) is 0 Å². The molecule has 1 atom stereocenters. The lowest BCUT2D eigenvalue weighted by atomic mass is 9.96. The topological polar surface area (TPSA) is 24.1 Å². The molecule has 13 heavy (non-hydrogen) atoms. The van der Waals surface area contributed by atoms with E-state index in [-0.39, 0.29) is 0 Å². The second-order valence-electron chi connectivity index (χ2n) is 3.89. The lowest BCUT2D eigenvalue weighted by Gasteiger charge is -2.28. The van der Waals surface area contributed by atoms with Gasteiger partial charge in [-0.1, -0.05) is 12.1 Å². The fraction of sp³-hybridized carbons (Fsp3) is 0.455. The van der Waals surface area contributed by atoms with Crippen LogP contribution in [0.1, 0.15) is 23.6 Å². The minimum Gasteiger partial charge on any atom is -0.384 e. The van der Waals surface area contributed by atoms with Gasteiger partial charge >= 0.3 is 0 Å². The number of anilines is 1. The van der Waals surface area contributed by atoms with Crippen LogP contribution < -0.4 is 10.6 Å². The molecule has 2 heteroatoms. The fourth-order valence-electron chi connectivity index (χ4n) is 2.11. The van der Waals surface area contributed by atoms with Crippen molar-refractivity contribution in [1.82, 2.24) is 5.32 Å². The maximum Gasteiger partial charge on any atom is 0.0373 e. The zero-order valence-electron chi connectivity index (χ0n) is 7.64. The molecule has 2 nitrogen and oxygen atoms in total. The smallest absolute Gasteiger partial charge is 0.0373 e. The minimum atomic E-state index is 0.630. The van der Waals surface area contributed by atoms with Crippen LogP contribution in [0, 0.1) is 0 Å². The van der Waals surface area contributed by atoms with E-state index in [4.69, 9.17) is 0 Å². The predicted molar refractivity (Wildman–Crippen MR) is 54.0 cm³/mol. The van der Waals surface area contributed by atoms with Crippen molar-refractivity contribution in [3.05, 3.63) is 29.3 Å². The molecule has 0 aliphatic carbocycles. The van der Waals surface area contributed by atoms with Crippen molar-refractivity contribution in [1.29, 1.82) is 0 Å². The standard InChI is InChI=1S/C11H14N2/c1-2-10-9(3-5-12-10)7-8(1)11-4-6-13-11/h1-2,7,11-13H,3-6H2. The third-order valence-electron chi connectivity index (χ3n) is 3.07. The van der Waals surface area contributed by atoms with E-state index in [0.717, 1.165) is 6.54 Å². The van der Waals surface area contributed by atoms with Gasteiger partial charge in [-0.3, -0.25) is 0 Å². The normalized spacial score (nSPS) is 24.8. The van der Waals surface area contributed by atoms with E-state index in [1.807, 2.05) is 0 Å². The van der Waals surface area contributed by atoms with E-state index in [0.29, 0.717) is 6.04 Å². The molecule has 0 saturated carbocycles. The van der Waals surface area contributed by atoms with Crippen molar-refractivity contribution in [2.75, 3.05) is 18.4 Å². The van der Waals surface area contributed by atoms with Crippen LogP contribution >= 0.6 is 0 Å². The first-order valence-electron chi connectivity index (χ1n) is 5.03. The highest BCUT2D eigenvalue weighted by Gasteiger charge is 2.20. The Morgan fingerprint density at radius 3 is 2.92 bits per heavy atom. The maximum absolute atomic E-state index is 3.43. The Morgan fingerprint density at radius 1 is 1.23 bits per heavy atom. The van der Waals surface area contributed by atoms with E-state index < -0.39 is 0 Å². The largest absolute Gasteiger partial charge is 0.384 e. The molecule has 0 bridgehead atoms. The van der Waals surface area contributed by atoms with E-state index >= 15 is 0 Å². The van der Waals surface area contributed by atoms with Crippen molar-refractivity contribution >= 4 is 5.69 Å². The van der Waals surface area contributed by atoms with Crippen LogP contribution in [0.25, 0.3) is 0 Å². The number of hydrogen-bond donors (Lipinski definition) is 2. The van der Waals surface area contributed by atoms with Gasteiger partial charge in [0.2, 0.25) is 0 Å². The van der Waals surface area contributed by atoms with Gasteiger partial charge in [0.15, 0.2) is 0 Å². The lowest BCUT2D eigenvalue weighted by Crippen LogP contribution is -2.34. The van der Waals surface area contributed by atoms with Gasteiger partial charge in [-0.15, -0.1) is 0 Å².